The Morgan fingerprint density at radius 2 is 1.79 bits per heavy atom. The first kappa shape index (κ1) is 20.7. The summed E-state index contributed by atoms with van der Waals surface area (Å²) in [6, 6.07) is 7.88. The maximum Gasteiger partial charge on any atom is 0.407 e. The number of likely N-dealkylation sites (tertiary alicyclic amines) is 1. The third kappa shape index (κ3) is 4.86. The average molecular weight is 387 g/mol. The van der Waals surface area contributed by atoms with Crippen LogP contribution in [0.15, 0.2) is 24.3 Å². The van der Waals surface area contributed by atoms with Crippen molar-refractivity contribution in [2.24, 2.45) is 10.8 Å². The number of hydrogen-bond donors (Lipinski definition) is 1. The number of ether oxygens (including phenoxy) is 1. The molecule has 2 unspecified atom stereocenters. The molecule has 5 nitrogen and oxygen atoms in total. The van der Waals surface area contributed by atoms with Crippen molar-refractivity contribution < 1.29 is 14.3 Å². The van der Waals surface area contributed by atoms with Gasteiger partial charge in [0.05, 0.1) is 0 Å². The van der Waals surface area contributed by atoms with Gasteiger partial charge in [-0.05, 0) is 68.6 Å². The number of hydrogen-bond acceptors (Lipinski definition) is 3. The molecular formula is C23H34N2O3. The highest BCUT2D eigenvalue weighted by Gasteiger charge is 2.50. The van der Waals surface area contributed by atoms with Crippen LogP contribution in [0.4, 0.5) is 4.79 Å². The second-order valence-corrected chi connectivity index (χ2v) is 10.7. The SMILES string of the molecule is CC1(C)CC2CC(C)(CN2C(=O)c2ccc(CNC(=O)OC(C)(C)C)cc2)C1. The molecule has 1 aromatic carbocycles. The lowest BCUT2D eigenvalue weighted by atomic mass is 9.65. The molecule has 2 bridgehead atoms. The van der Waals surface area contributed by atoms with Gasteiger partial charge in [0.2, 0.25) is 0 Å². The third-order valence-electron chi connectivity index (χ3n) is 5.71. The van der Waals surface area contributed by atoms with Gasteiger partial charge >= 0.3 is 6.09 Å². The quantitative estimate of drug-likeness (QED) is 0.815. The van der Waals surface area contributed by atoms with Gasteiger partial charge in [0, 0.05) is 24.7 Å². The second kappa shape index (κ2) is 7.09. The fraction of sp³-hybridized carbons (Fsp3) is 0.652. The summed E-state index contributed by atoms with van der Waals surface area (Å²) >= 11 is 0. The minimum absolute atomic E-state index is 0.123. The molecule has 154 valence electrons. The van der Waals surface area contributed by atoms with E-state index >= 15 is 0 Å². The van der Waals surface area contributed by atoms with Gasteiger partial charge < -0.3 is 15.0 Å². The largest absolute Gasteiger partial charge is 0.444 e. The first-order valence-corrected chi connectivity index (χ1v) is 10.2. The van der Waals surface area contributed by atoms with Gasteiger partial charge in [0.15, 0.2) is 0 Å². The van der Waals surface area contributed by atoms with Crippen LogP contribution in [0.5, 0.6) is 0 Å². The normalized spacial score (nSPS) is 26.1. The second-order valence-electron chi connectivity index (χ2n) is 10.7. The summed E-state index contributed by atoms with van der Waals surface area (Å²) in [6.07, 6.45) is 2.93. The number of rotatable bonds is 3. The fourth-order valence-electron chi connectivity index (χ4n) is 5.12. The Hall–Kier alpha value is -2.04. The van der Waals surface area contributed by atoms with Crippen molar-refractivity contribution in [3.05, 3.63) is 35.4 Å². The van der Waals surface area contributed by atoms with Crippen LogP contribution >= 0.6 is 0 Å². The minimum Gasteiger partial charge on any atom is -0.444 e. The molecule has 0 spiro atoms. The van der Waals surface area contributed by atoms with Gasteiger partial charge in [-0.1, -0.05) is 32.9 Å². The van der Waals surface area contributed by atoms with Crippen LogP contribution in [0, 0.1) is 10.8 Å². The van der Waals surface area contributed by atoms with Gasteiger partial charge in [-0.2, -0.15) is 0 Å². The van der Waals surface area contributed by atoms with E-state index in [2.05, 4.69) is 31.0 Å². The van der Waals surface area contributed by atoms with E-state index in [-0.39, 0.29) is 11.3 Å². The van der Waals surface area contributed by atoms with E-state index < -0.39 is 11.7 Å². The highest BCUT2D eigenvalue weighted by atomic mass is 16.6. The Kier molecular flexibility index (Phi) is 5.24. The van der Waals surface area contributed by atoms with Crippen molar-refractivity contribution in [2.45, 2.75) is 79.0 Å². The molecule has 2 aliphatic rings. The van der Waals surface area contributed by atoms with Crippen LogP contribution in [0.3, 0.4) is 0 Å². The molecule has 1 aliphatic carbocycles. The van der Waals surface area contributed by atoms with E-state index in [9.17, 15) is 9.59 Å². The summed E-state index contributed by atoms with van der Waals surface area (Å²) in [5.41, 5.74) is 1.67. The molecule has 2 atom stereocenters. The van der Waals surface area contributed by atoms with Crippen LogP contribution in [-0.2, 0) is 11.3 Å². The lowest BCUT2D eigenvalue weighted by molar-refractivity contribution is 0.0523. The van der Waals surface area contributed by atoms with Crippen molar-refractivity contribution in [1.29, 1.82) is 0 Å². The Morgan fingerprint density at radius 3 is 2.39 bits per heavy atom. The Bertz CT molecular complexity index is 748. The number of nitrogens with one attached hydrogen (secondary N) is 1. The molecule has 1 saturated heterocycles. The zero-order valence-electron chi connectivity index (χ0n) is 18.1. The average Bonchev–Trinajstić information content (AvgIpc) is 2.80. The highest BCUT2D eigenvalue weighted by Crippen LogP contribution is 2.52. The van der Waals surface area contributed by atoms with Crippen molar-refractivity contribution in [1.82, 2.24) is 10.2 Å². The van der Waals surface area contributed by atoms with E-state index in [0.717, 1.165) is 30.5 Å². The molecule has 5 heteroatoms. The summed E-state index contributed by atoms with van der Waals surface area (Å²) in [7, 11) is 0. The van der Waals surface area contributed by atoms with E-state index in [1.807, 2.05) is 45.0 Å². The zero-order chi connectivity index (χ0) is 20.7. The number of fused-ring (bicyclic) bond motifs is 2. The first-order chi connectivity index (χ1) is 12.9. The predicted molar refractivity (Wildman–Crippen MR) is 110 cm³/mol. The van der Waals surface area contributed by atoms with Gasteiger partial charge in [0.1, 0.15) is 5.60 Å². The molecule has 28 heavy (non-hydrogen) atoms. The van der Waals surface area contributed by atoms with Crippen LogP contribution in [0.25, 0.3) is 0 Å². The topological polar surface area (TPSA) is 58.6 Å². The van der Waals surface area contributed by atoms with Crippen molar-refractivity contribution in [3.63, 3.8) is 0 Å². The molecule has 0 aromatic heterocycles. The van der Waals surface area contributed by atoms with E-state index in [1.165, 1.54) is 6.42 Å². The summed E-state index contributed by atoms with van der Waals surface area (Å²) in [6.45, 7) is 13.7. The number of benzene rings is 1. The predicted octanol–water partition coefficient (Wildman–Crippen LogP) is 4.75. The smallest absolute Gasteiger partial charge is 0.407 e. The molecule has 1 N–H and O–H groups in total. The first-order valence-electron chi connectivity index (χ1n) is 10.2. The summed E-state index contributed by atoms with van der Waals surface area (Å²) in [5, 5.41) is 2.75. The molecular weight excluding hydrogens is 352 g/mol. The Balaban J connectivity index is 1.61. The van der Waals surface area contributed by atoms with Gasteiger partial charge in [-0.15, -0.1) is 0 Å². The van der Waals surface area contributed by atoms with Gasteiger partial charge in [-0.3, -0.25) is 4.79 Å². The maximum atomic E-state index is 13.1. The highest BCUT2D eigenvalue weighted by molar-refractivity contribution is 5.94. The number of nitrogens with zero attached hydrogens (tertiary/aromatic N) is 1. The number of carbonyl (C=O) groups excluding carboxylic acids is 2. The Labute approximate surface area is 168 Å². The maximum absolute atomic E-state index is 13.1. The lowest BCUT2D eigenvalue weighted by Gasteiger charge is -2.39. The van der Waals surface area contributed by atoms with Crippen molar-refractivity contribution in [3.8, 4) is 0 Å². The number of alkyl carbamates (subject to hydrolysis) is 1. The van der Waals surface area contributed by atoms with E-state index in [4.69, 9.17) is 4.74 Å². The monoisotopic (exact) mass is 386 g/mol. The summed E-state index contributed by atoms with van der Waals surface area (Å²) in [4.78, 5) is 27.0. The number of amides is 2. The molecule has 1 aromatic rings. The van der Waals surface area contributed by atoms with Crippen LogP contribution in [0.1, 0.15) is 76.7 Å². The van der Waals surface area contributed by atoms with Crippen LogP contribution in [0.2, 0.25) is 0 Å². The molecule has 2 amide bonds. The summed E-state index contributed by atoms with van der Waals surface area (Å²) < 4.78 is 5.24. The minimum atomic E-state index is -0.514. The molecule has 1 aliphatic heterocycles. The summed E-state index contributed by atoms with van der Waals surface area (Å²) in [5.74, 6) is 0.123. The number of carbonyl (C=O) groups is 2. The zero-order valence-corrected chi connectivity index (χ0v) is 18.1. The van der Waals surface area contributed by atoms with E-state index in [1.54, 1.807) is 0 Å². The molecule has 3 rings (SSSR count). The molecule has 0 radical (unpaired) electrons. The Morgan fingerprint density at radius 1 is 1.14 bits per heavy atom. The molecule has 1 saturated carbocycles. The van der Waals surface area contributed by atoms with Gasteiger partial charge in [-0.25, -0.2) is 4.79 Å². The van der Waals surface area contributed by atoms with Crippen LogP contribution < -0.4 is 5.32 Å². The third-order valence-corrected chi connectivity index (χ3v) is 5.71. The van der Waals surface area contributed by atoms with Crippen LogP contribution in [-0.4, -0.2) is 35.1 Å². The van der Waals surface area contributed by atoms with Crippen molar-refractivity contribution in [2.75, 3.05) is 6.54 Å². The molecule has 1 heterocycles. The molecule has 2 fully saturated rings. The van der Waals surface area contributed by atoms with Crippen molar-refractivity contribution >= 4 is 12.0 Å². The van der Waals surface area contributed by atoms with E-state index in [0.29, 0.717) is 18.0 Å². The fourth-order valence-corrected chi connectivity index (χ4v) is 5.12. The van der Waals surface area contributed by atoms with Gasteiger partial charge in [0.25, 0.3) is 5.91 Å². The standard InChI is InChI=1S/C23H34N2O3/c1-21(2,3)28-20(27)24-13-16-7-9-17(10-8-16)19(26)25-15-23(6)12-18(25)11-22(4,5)14-23/h7-10,18H,11-15H2,1-6H3,(H,24,27). The lowest BCUT2D eigenvalue weighted by Crippen LogP contribution is -2.37.